The van der Waals surface area contributed by atoms with Crippen LogP contribution in [0.5, 0.6) is 0 Å². The SMILES string of the molecule is CC(C)C[C@H](NS(=O)(=O)c1ccc2ccccc2c1)C(=O)NC(N)(C=O)C[C@@H]1CCNC1=O. The van der Waals surface area contributed by atoms with Crippen molar-refractivity contribution in [3.63, 3.8) is 0 Å². The number of hydrogen-bond acceptors (Lipinski definition) is 6. The highest BCUT2D eigenvalue weighted by Gasteiger charge is 2.37. The Balaban J connectivity index is 1.80. The van der Waals surface area contributed by atoms with Crippen molar-refractivity contribution < 1.29 is 22.8 Å². The summed E-state index contributed by atoms with van der Waals surface area (Å²) >= 11 is 0. The van der Waals surface area contributed by atoms with E-state index in [0.717, 1.165) is 10.8 Å². The number of carbonyl (C=O) groups is 3. The molecule has 2 aromatic rings. The molecule has 1 heterocycles. The molecule has 2 amide bonds. The lowest BCUT2D eigenvalue weighted by Gasteiger charge is -2.29. The van der Waals surface area contributed by atoms with Gasteiger partial charge in [-0.25, -0.2) is 8.42 Å². The van der Waals surface area contributed by atoms with Gasteiger partial charge in [0.15, 0.2) is 6.29 Å². The molecule has 1 aliphatic rings. The van der Waals surface area contributed by atoms with Crippen LogP contribution >= 0.6 is 0 Å². The van der Waals surface area contributed by atoms with E-state index in [1.165, 1.54) is 6.07 Å². The van der Waals surface area contributed by atoms with Crippen LogP contribution in [0, 0.1) is 11.8 Å². The lowest BCUT2D eigenvalue weighted by Crippen LogP contribution is -2.62. The van der Waals surface area contributed by atoms with Gasteiger partial charge >= 0.3 is 0 Å². The smallest absolute Gasteiger partial charge is 0.241 e. The van der Waals surface area contributed by atoms with Gasteiger partial charge in [0.25, 0.3) is 0 Å². The average molecular weight is 475 g/mol. The zero-order valence-electron chi connectivity index (χ0n) is 18.7. The van der Waals surface area contributed by atoms with Crippen LogP contribution in [0.1, 0.15) is 33.1 Å². The minimum atomic E-state index is -4.04. The number of amides is 2. The van der Waals surface area contributed by atoms with Crippen LogP contribution in [-0.4, -0.2) is 44.8 Å². The molecular formula is C23H30N4O5S. The number of rotatable bonds is 10. The molecule has 1 unspecified atom stereocenters. The Labute approximate surface area is 193 Å². The third-order valence-electron chi connectivity index (χ3n) is 5.67. The van der Waals surface area contributed by atoms with Crippen molar-refractivity contribution >= 4 is 38.9 Å². The van der Waals surface area contributed by atoms with E-state index in [2.05, 4.69) is 15.4 Å². The van der Waals surface area contributed by atoms with Crippen molar-refractivity contribution in [2.75, 3.05) is 6.54 Å². The van der Waals surface area contributed by atoms with E-state index < -0.39 is 33.6 Å². The number of nitrogens with two attached hydrogens (primary N) is 1. The summed E-state index contributed by atoms with van der Waals surface area (Å²) in [6.45, 7) is 4.18. The Hall–Kier alpha value is -2.82. The van der Waals surface area contributed by atoms with Crippen LogP contribution in [0.2, 0.25) is 0 Å². The van der Waals surface area contributed by atoms with Crippen molar-refractivity contribution in [2.24, 2.45) is 17.6 Å². The first kappa shape index (κ1) is 24.8. The van der Waals surface area contributed by atoms with Crippen LogP contribution in [0.25, 0.3) is 10.8 Å². The van der Waals surface area contributed by atoms with E-state index in [4.69, 9.17) is 5.73 Å². The van der Waals surface area contributed by atoms with Gasteiger partial charge in [0, 0.05) is 18.9 Å². The Bertz CT molecular complexity index is 1150. The fourth-order valence-electron chi connectivity index (χ4n) is 3.96. The topological polar surface area (TPSA) is 147 Å². The molecule has 3 rings (SSSR count). The normalized spacial score (nSPS) is 19.2. The molecule has 0 aliphatic carbocycles. The van der Waals surface area contributed by atoms with Crippen LogP contribution in [0.15, 0.2) is 47.4 Å². The van der Waals surface area contributed by atoms with Crippen LogP contribution < -0.4 is 21.1 Å². The van der Waals surface area contributed by atoms with Gasteiger partial charge in [-0.05, 0) is 41.7 Å². The second kappa shape index (κ2) is 9.98. The third-order valence-corrected chi connectivity index (χ3v) is 7.13. The van der Waals surface area contributed by atoms with Gasteiger partial charge in [0.1, 0.15) is 11.7 Å². The fraction of sp³-hybridized carbons (Fsp3) is 0.435. The van der Waals surface area contributed by atoms with Crippen LogP contribution in [-0.2, 0) is 24.4 Å². The predicted octanol–water partition coefficient (Wildman–Crippen LogP) is 1.03. The number of fused-ring (bicyclic) bond motifs is 1. The summed E-state index contributed by atoms with van der Waals surface area (Å²) in [7, 11) is -4.04. The number of carbonyl (C=O) groups excluding carboxylic acids is 3. The molecule has 9 nitrogen and oxygen atoms in total. The molecule has 5 N–H and O–H groups in total. The second-order valence-electron chi connectivity index (χ2n) is 8.94. The summed E-state index contributed by atoms with van der Waals surface area (Å²) < 4.78 is 28.6. The van der Waals surface area contributed by atoms with E-state index in [-0.39, 0.29) is 29.6 Å². The van der Waals surface area contributed by atoms with Gasteiger partial charge in [0.05, 0.1) is 4.90 Å². The molecule has 1 fully saturated rings. The van der Waals surface area contributed by atoms with Gasteiger partial charge in [-0.1, -0.05) is 44.2 Å². The van der Waals surface area contributed by atoms with Crippen molar-refractivity contribution in [1.29, 1.82) is 0 Å². The van der Waals surface area contributed by atoms with Crippen molar-refractivity contribution in [3.8, 4) is 0 Å². The first-order valence-corrected chi connectivity index (χ1v) is 12.4. The summed E-state index contributed by atoms with van der Waals surface area (Å²) in [6, 6.07) is 10.9. The molecule has 0 spiro atoms. The highest BCUT2D eigenvalue weighted by atomic mass is 32.2. The second-order valence-corrected chi connectivity index (χ2v) is 10.7. The van der Waals surface area contributed by atoms with E-state index in [9.17, 15) is 22.8 Å². The van der Waals surface area contributed by atoms with Gasteiger partial charge in [-0.15, -0.1) is 0 Å². The quantitative estimate of drug-likeness (QED) is 0.299. The Morgan fingerprint density at radius 3 is 2.55 bits per heavy atom. The molecule has 10 heteroatoms. The zero-order valence-corrected chi connectivity index (χ0v) is 19.5. The molecule has 0 aromatic heterocycles. The molecule has 0 radical (unpaired) electrons. The molecule has 2 aromatic carbocycles. The van der Waals surface area contributed by atoms with Crippen LogP contribution in [0.3, 0.4) is 0 Å². The lowest BCUT2D eigenvalue weighted by molar-refractivity contribution is -0.130. The van der Waals surface area contributed by atoms with Crippen molar-refractivity contribution in [2.45, 2.75) is 49.7 Å². The molecule has 0 bridgehead atoms. The number of nitrogens with one attached hydrogen (secondary N) is 3. The number of sulfonamides is 1. The number of benzene rings is 2. The molecule has 1 saturated heterocycles. The minimum Gasteiger partial charge on any atom is -0.356 e. The molecule has 178 valence electrons. The summed E-state index contributed by atoms with van der Waals surface area (Å²) in [5, 5.41) is 6.77. The first-order chi connectivity index (χ1) is 15.5. The average Bonchev–Trinajstić information content (AvgIpc) is 3.16. The summed E-state index contributed by atoms with van der Waals surface area (Å²) in [4.78, 5) is 36.7. The monoisotopic (exact) mass is 474 g/mol. The zero-order chi connectivity index (χ0) is 24.2. The van der Waals surface area contributed by atoms with E-state index in [1.807, 2.05) is 32.0 Å². The van der Waals surface area contributed by atoms with Gasteiger partial charge in [-0.3, -0.25) is 14.4 Å². The van der Waals surface area contributed by atoms with E-state index in [0.29, 0.717) is 19.3 Å². The maximum Gasteiger partial charge on any atom is 0.241 e. The third kappa shape index (κ3) is 6.16. The lowest BCUT2D eigenvalue weighted by atomic mass is 9.94. The molecule has 3 atom stereocenters. The van der Waals surface area contributed by atoms with Gasteiger partial charge in [0.2, 0.25) is 21.8 Å². The fourth-order valence-corrected chi connectivity index (χ4v) is 5.21. The maximum atomic E-state index is 13.1. The number of aldehydes is 1. The molecular weight excluding hydrogens is 444 g/mol. The summed E-state index contributed by atoms with van der Waals surface area (Å²) in [6.07, 6.45) is 1.02. The molecule has 1 aliphatic heterocycles. The Morgan fingerprint density at radius 1 is 1.24 bits per heavy atom. The van der Waals surface area contributed by atoms with E-state index >= 15 is 0 Å². The Morgan fingerprint density at radius 2 is 1.94 bits per heavy atom. The summed E-state index contributed by atoms with van der Waals surface area (Å²) in [5.74, 6) is -1.47. The minimum absolute atomic E-state index is 0.0240. The first-order valence-electron chi connectivity index (χ1n) is 10.9. The maximum absolute atomic E-state index is 13.1. The summed E-state index contributed by atoms with van der Waals surface area (Å²) in [5.41, 5.74) is 4.30. The standard InChI is InChI=1S/C23H30N4O5S/c1-15(2)11-20(22(30)26-23(24,14-28)13-18-9-10-25-21(18)29)27-33(31,32)19-8-7-16-5-3-4-6-17(16)12-19/h3-8,12,14-15,18,20,27H,9-11,13,24H2,1-2H3,(H,25,29)(H,26,30)/t18-,20-,23?/m0/s1. The van der Waals surface area contributed by atoms with E-state index in [1.54, 1.807) is 18.2 Å². The Kier molecular flexibility index (Phi) is 7.51. The highest BCUT2D eigenvalue weighted by Crippen LogP contribution is 2.21. The van der Waals surface area contributed by atoms with Gasteiger partial charge < -0.3 is 16.4 Å². The van der Waals surface area contributed by atoms with Crippen molar-refractivity contribution in [3.05, 3.63) is 42.5 Å². The van der Waals surface area contributed by atoms with Crippen molar-refractivity contribution in [1.82, 2.24) is 15.4 Å². The van der Waals surface area contributed by atoms with Gasteiger partial charge in [-0.2, -0.15) is 4.72 Å². The largest absolute Gasteiger partial charge is 0.356 e. The highest BCUT2D eigenvalue weighted by molar-refractivity contribution is 7.89. The van der Waals surface area contributed by atoms with Crippen LogP contribution in [0.4, 0.5) is 0 Å². The molecule has 33 heavy (non-hydrogen) atoms. The number of hydrogen-bond donors (Lipinski definition) is 4. The molecule has 0 saturated carbocycles. The predicted molar refractivity (Wildman–Crippen MR) is 124 cm³/mol.